The quantitative estimate of drug-likeness (QED) is 0.717. The van der Waals surface area contributed by atoms with Gasteiger partial charge in [-0.15, -0.1) is 4.40 Å². The van der Waals surface area contributed by atoms with Crippen molar-refractivity contribution in [2.75, 3.05) is 18.8 Å². The Morgan fingerprint density at radius 1 is 1.50 bits per heavy atom. The lowest BCUT2D eigenvalue weighted by Crippen LogP contribution is -2.43. The highest BCUT2D eigenvalue weighted by Gasteiger charge is 2.29. The molecule has 8 nitrogen and oxygen atoms in total. The Morgan fingerprint density at radius 2 is 2.23 bits per heavy atom. The number of nitrogens with zero attached hydrogens (tertiary/aromatic N) is 2. The topological polar surface area (TPSA) is 116 Å². The van der Waals surface area contributed by atoms with Gasteiger partial charge in [0.05, 0.1) is 11.3 Å². The number of amides is 1. The smallest absolute Gasteiger partial charge is 0.303 e. The van der Waals surface area contributed by atoms with Gasteiger partial charge >= 0.3 is 5.97 Å². The fraction of sp³-hybridized carbons (Fsp3) is 0.462. The average molecular weight is 327 g/mol. The number of allylic oxidation sites excluding steroid dienone is 2. The monoisotopic (exact) mass is 327 g/mol. The summed E-state index contributed by atoms with van der Waals surface area (Å²) < 4.78 is 26.9. The molecule has 0 saturated heterocycles. The van der Waals surface area contributed by atoms with Gasteiger partial charge in [0.1, 0.15) is 0 Å². The summed E-state index contributed by atoms with van der Waals surface area (Å²) in [6.45, 7) is 2.14. The largest absolute Gasteiger partial charge is 0.481 e. The summed E-state index contributed by atoms with van der Waals surface area (Å²) in [5.74, 6) is -1.62. The number of carbonyl (C=O) groups excluding carboxylic acids is 1. The second-order valence-electron chi connectivity index (χ2n) is 5.23. The SMILES string of the molecule is CC(CNC(=O)C1=CC=CN2CCS(=O)(=O)N=C12)CC(=O)O. The molecule has 1 amide bonds. The maximum atomic E-state index is 12.2. The Balaban J connectivity index is 2.09. The highest BCUT2D eigenvalue weighted by Crippen LogP contribution is 2.17. The van der Waals surface area contributed by atoms with Crippen LogP contribution in [-0.2, 0) is 19.6 Å². The van der Waals surface area contributed by atoms with Crippen molar-refractivity contribution in [3.05, 3.63) is 23.9 Å². The molecular formula is C13H17N3O5S. The molecule has 0 aromatic rings. The van der Waals surface area contributed by atoms with Crippen LogP contribution in [0, 0.1) is 5.92 Å². The minimum Gasteiger partial charge on any atom is -0.481 e. The highest BCUT2D eigenvalue weighted by atomic mass is 32.2. The number of carbonyl (C=O) groups is 2. The normalized spacial score (nSPS) is 20.5. The van der Waals surface area contributed by atoms with Gasteiger partial charge in [0.25, 0.3) is 15.9 Å². The molecule has 2 aliphatic rings. The fourth-order valence-corrected chi connectivity index (χ4v) is 3.11. The Labute approximate surface area is 128 Å². The molecule has 0 spiro atoms. The maximum Gasteiger partial charge on any atom is 0.303 e. The number of carboxylic acid groups (broad SMARTS) is 1. The van der Waals surface area contributed by atoms with Crippen molar-refractivity contribution in [1.29, 1.82) is 0 Å². The molecule has 0 saturated carbocycles. The van der Waals surface area contributed by atoms with Crippen molar-refractivity contribution in [2.45, 2.75) is 13.3 Å². The first kappa shape index (κ1) is 16.2. The lowest BCUT2D eigenvalue weighted by atomic mass is 10.1. The third kappa shape index (κ3) is 3.94. The van der Waals surface area contributed by atoms with E-state index in [0.717, 1.165) is 0 Å². The summed E-state index contributed by atoms with van der Waals surface area (Å²) in [4.78, 5) is 24.4. The Hall–Kier alpha value is -2.16. The maximum absolute atomic E-state index is 12.2. The van der Waals surface area contributed by atoms with E-state index in [-0.39, 0.29) is 42.6 Å². The number of aliphatic carboxylic acids is 1. The van der Waals surface area contributed by atoms with Crippen LogP contribution in [0.25, 0.3) is 0 Å². The van der Waals surface area contributed by atoms with Gasteiger partial charge in [-0.2, -0.15) is 0 Å². The molecule has 0 radical (unpaired) electrons. The lowest BCUT2D eigenvalue weighted by Gasteiger charge is -2.28. The highest BCUT2D eigenvalue weighted by molar-refractivity contribution is 7.90. The minimum atomic E-state index is -3.55. The van der Waals surface area contributed by atoms with E-state index < -0.39 is 21.9 Å². The van der Waals surface area contributed by atoms with Gasteiger partial charge in [-0.25, -0.2) is 8.42 Å². The van der Waals surface area contributed by atoms with Gasteiger partial charge in [-0.1, -0.05) is 6.92 Å². The van der Waals surface area contributed by atoms with Crippen LogP contribution >= 0.6 is 0 Å². The predicted molar refractivity (Wildman–Crippen MR) is 79.6 cm³/mol. The fourth-order valence-electron chi connectivity index (χ4n) is 2.13. The molecule has 2 rings (SSSR count). The van der Waals surface area contributed by atoms with E-state index in [1.807, 2.05) is 0 Å². The number of nitrogens with one attached hydrogen (secondary N) is 1. The van der Waals surface area contributed by atoms with Gasteiger partial charge < -0.3 is 15.3 Å². The zero-order chi connectivity index (χ0) is 16.3. The van der Waals surface area contributed by atoms with Crippen LogP contribution in [0.2, 0.25) is 0 Å². The summed E-state index contributed by atoms with van der Waals surface area (Å²) in [6, 6.07) is 0. The Morgan fingerprint density at radius 3 is 2.91 bits per heavy atom. The van der Waals surface area contributed by atoms with Crippen LogP contribution in [0.1, 0.15) is 13.3 Å². The molecule has 0 aromatic carbocycles. The molecule has 0 aliphatic carbocycles. The summed E-state index contributed by atoms with van der Waals surface area (Å²) in [5.41, 5.74) is 0.160. The van der Waals surface area contributed by atoms with Crippen LogP contribution in [0.3, 0.4) is 0 Å². The van der Waals surface area contributed by atoms with Crippen molar-refractivity contribution in [2.24, 2.45) is 10.3 Å². The average Bonchev–Trinajstić information content (AvgIpc) is 2.42. The van der Waals surface area contributed by atoms with Gasteiger partial charge in [-0.3, -0.25) is 9.59 Å². The number of sulfonamides is 1. The molecule has 0 fully saturated rings. The molecule has 0 aromatic heterocycles. The Kier molecular flexibility index (Phi) is 4.65. The zero-order valence-corrected chi connectivity index (χ0v) is 12.8. The standard InChI is InChI=1S/C13H17N3O5S/c1-9(7-11(17)18)8-14-13(19)10-3-2-4-16-5-6-22(20,21)15-12(10)16/h2-4,9H,5-8H2,1H3,(H,14,19)(H,17,18). The van der Waals surface area contributed by atoms with E-state index >= 15 is 0 Å². The number of amidine groups is 1. The molecule has 1 unspecified atom stereocenters. The van der Waals surface area contributed by atoms with E-state index in [1.54, 1.807) is 24.1 Å². The number of carboxylic acids is 1. The molecule has 2 aliphatic heterocycles. The first-order valence-corrected chi connectivity index (χ1v) is 8.37. The van der Waals surface area contributed by atoms with Crippen LogP contribution in [0.4, 0.5) is 0 Å². The number of hydrogen-bond acceptors (Lipinski definition) is 5. The Bertz CT molecular complexity index is 678. The zero-order valence-electron chi connectivity index (χ0n) is 12.0. The molecular weight excluding hydrogens is 310 g/mol. The van der Waals surface area contributed by atoms with E-state index in [9.17, 15) is 18.0 Å². The van der Waals surface area contributed by atoms with Crippen molar-refractivity contribution in [1.82, 2.24) is 10.2 Å². The van der Waals surface area contributed by atoms with Crippen molar-refractivity contribution in [3.63, 3.8) is 0 Å². The van der Waals surface area contributed by atoms with Gasteiger partial charge in [0.2, 0.25) is 0 Å². The van der Waals surface area contributed by atoms with E-state index in [2.05, 4.69) is 9.71 Å². The van der Waals surface area contributed by atoms with Crippen molar-refractivity contribution >= 4 is 27.7 Å². The molecule has 2 N–H and O–H groups in total. The van der Waals surface area contributed by atoms with Gasteiger partial charge in [-0.05, 0) is 18.1 Å². The first-order chi connectivity index (χ1) is 10.3. The second kappa shape index (κ2) is 6.30. The molecule has 2 heterocycles. The van der Waals surface area contributed by atoms with Gasteiger partial charge in [0, 0.05) is 25.7 Å². The second-order valence-corrected chi connectivity index (χ2v) is 6.98. The summed E-state index contributed by atoms with van der Waals surface area (Å²) in [6.07, 6.45) is 4.75. The van der Waals surface area contributed by atoms with Crippen LogP contribution in [0.15, 0.2) is 28.3 Å². The van der Waals surface area contributed by atoms with Crippen molar-refractivity contribution in [3.8, 4) is 0 Å². The molecule has 120 valence electrons. The summed E-state index contributed by atoms with van der Waals surface area (Å²) in [7, 11) is -3.55. The number of hydrogen-bond donors (Lipinski definition) is 2. The van der Waals surface area contributed by atoms with E-state index in [0.29, 0.717) is 0 Å². The first-order valence-electron chi connectivity index (χ1n) is 6.76. The van der Waals surface area contributed by atoms with Gasteiger partial charge in [0.15, 0.2) is 5.84 Å². The summed E-state index contributed by atoms with van der Waals surface area (Å²) >= 11 is 0. The van der Waals surface area contributed by atoms with Crippen LogP contribution < -0.4 is 5.32 Å². The van der Waals surface area contributed by atoms with Crippen LogP contribution in [0.5, 0.6) is 0 Å². The van der Waals surface area contributed by atoms with Crippen molar-refractivity contribution < 1.29 is 23.1 Å². The minimum absolute atomic E-state index is 0.0549. The predicted octanol–water partition coefficient (Wildman–Crippen LogP) is -0.289. The van der Waals surface area contributed by atoms with E-state index in [1.165, 1.54) is 6.08 Å². The lowest BCUT2D eigenvalue weighted by molar-refractivity contribution is -0.138. The van der Waals surface area contributed by atoms with E-state index in [4.69, 9.17) is 5.11 Å². The molecule has 22 heavy (non-hydrogen) atoms. The molecule has 1 atom stereocenters. The number of rotatable bonds is 5. The third-order valence-corrected chi connectivity index (χ3v) is 4.39. The molecule has 0 bridgehead atoms. The third-order valence-electron chi connectivity index (χ3n) is 3.24. The summed E-state index contributed by atoms with van der Waals surface area (Å²) in [5, 5.41) is 11.3. The van der Waals surface area contributed by atoms with Crippen LogP contribution in [-0.4, -0.2) is 55.0 Å². The number of fused-ring (bicyclic) bond motifs is 1. The molecule has 9 heteroatoms.